The molecular weight excluding hydrogens is 366 g/mol. The van der Waals surface area contributed by atoms with Crippen molar-refractivity contribution in [1.82, 2.24) is 9.55 Å². The molecule has 2 N–H and O–H groups in total. The van der Waals surface area contributed by atoms with Gasteiger partial charge >= 0.3 is 0 Å². The van der Waals surface area contributed by atoms with E-state index in [1.54, 1.807) is 19.6 Å². The van der Waals surface area contributed by atoms with Crippen LogP contribution in [-0.2, 0) is 17.8 Å². The Labute approximate surface area is 171 Å². The van der Waals surface area contributed by atoms with Crippen LogP contribution in [0.1, 0.15) is 41.0 Å². The average Bonchev–Trinajstić information content (AvgIpc) is 3.24. The number of methoxy groups -OCH3 is 1. The van der Waals surface area contributed by atoms with E-state index in [1.165, 1.54) is 0 Å². The quantitative estimate of drug-likeness (QED) is 0.569. The van der Waals surface area contributed by atoms with E-state index in [0.717, 1.165) is 29.7 Å². The van der Waals surface area contributed by atoms with E-state index in [1.807, 2.05) is 60.0 Å². The second-order valence-corrected chi connectivity index (χ2v) is 6.99. The minimum atomic E-state index is -0.537. The van der Waals surface area contributed by atoms with Crippen LogP contribution in [0.3, 0.4) is 0 Å². The molecule has 3 rings (SSSR count). The van der Waals surface area contributed by atoms with Crippen molar-refractivity contribution in [3.05, 3.63) is 83.9 Å². The van der Waals surface area contributed by atoms with E-state index >= 15 is 0 Å². The van der Waals surface area contributed by atoms with Gasteiger partial charge in [-0.3, -0.25) is 4.79 Å². The number of primary amides is 1. The number of carbonyl (C=O) groups is 1. The number of nitrogens with zero attached hydrogens (tertiary/aromatic N) is 2. The van der Waals surface area contributed by atoms with Crippen LogP contribution < -0.4 is 10.5 Å². The highest BCUT2D eigenvalue weighted by Crippen LogP contribution is 2.26. The summed E-state index contributed by atoms with van der Waals surface area (Å²) in [6.07, 6.45) is 4.84. The van der Waals surface area contributed by atoms with Gasteiger partial charge in [0.05, 0.1) is 32.2 Å². The van der Waals surface area contributed by atoms with Gasteiger partial charge in [-0.15, -0.1) is 0 Å². The number of rotatable bonds is 10. The predicted molar refractivity (Wildman–Crippen MR) is 112 cm³/mol. The smallest absolute Gasteiger partial charge is 0.268 e. The van der Waals surface area contributed by atoms with Crippen molar-refractivity contribution < 1.29 is 14.3 Å². The van der Waals surface area contributed by atoms with Crippen LogP contribution in [-0.4, -0.2) is 28.7 Å². The number of nitrogens with two attached hydrogens (primary N) is 1. The van der Waals surface area contributed by atoms with E-state index in [-0.39, 0.29) is 17.8 Å². The minimum Gasteiger partial charge on any atom is -0.496 e. The van der Waals surface area contributed by atoms with Crippen molar-refractivity contribution in [2.24, 2.45) is 5.73 Å². The van der Waals surface area contributed by atoms with Crippen LogP contribution >= 0.6 is 0 Å². The van der Waals surface area contributed by atoms with Crippen molar-refractivity contribution >= 4 is 5.91 Å². The van der Waals surface area contributed by atoms with E-state index < -0.39 is 5.91 Å². The van der Waals surface area contributed by atoms with Crippen LogP contribution in [0.15, 0.2) is 67.1 Å². The maximum atomic E-state index is 11.5. The molecule has 3 aromatic rings. The summed E-state index contributed by atoms with van der Waals surface area (Å²) in [5.74, 6) is 0.331. The fourth-order valence-electron chi connectivity index (χ4n) is 3.40. The van der Waals surface area contributed by atoms with Gasteiger partial charge in [-0.2, -0.15) is 0 Å². The molecular formula is C23H27N3O3. The third-order valence-corrected chi connectivity index (χ3v) is 5.04. The Bertz CT molecular complexity index is 924. The molecule has 0 unspecified atom stereocenters. The Balaban J connectivity index is 1.75. The number of hydrogen-bond acceptors (Lipinski definition) is 4. The topological polar surface area (TPSA) is 79.4 Å². The normalized spacial score (nSPS) is 13.0. The number of ether oxygens (including phenoxy) is 2. The van der Waals surface area contributed by atoms with E-state index in [2.05, 4.69) is 11.1 Å². The largest absolute Gasteiger partial charge is 0.496 e. The molecule has 0 aliphatic heterocycles. The monoisotopic (exact) mass is 393 g/mol. The van der Waals surface area contributed by atoms with Crippen molar-refractivity contribution in [3.8, 4) is 5.75 Å². The first kappa shape index (κ1) is 20.6. The van der Waals surface area contributed by atoms with E-state index in [4.69, 9.17) is 15.2 Å². The second-order valence-electron chi connectivity index (χ2n) is 6.99. The second kappa shape index (κ2) is 9.89. The molecule has 0 spiro atoms. The maximum Gasteiger partial charge on any atom is 0.268 e. The lowest BCUT2D eigenvalue weighted by Gasteiger charge is -2.26. The summed E-state index contributed by atoms with van der Waals surface area (Å²) in [6.45, 7) is 2.56. The molecule has 1 heterocycles. The molecule has 0 fully saturated rings. The number of hydrogen-bond donors (Lipinski definition) is 1. The van der Waals surface area contributed by atoms with Crippen LogP contribution in [0.25, 0.3) is 0 Å². The molecule has 0 aliphatic rings. The first-order chi connectivity index (χ1) is 14.1. The standard InChI is InChI=1S/C23H27N3O3/c1-17(29-15-18-8-4-3-5-9-18)21(26-14-20(23(24)27)25-16-26)13-12-19-10-6-7-11-22(19)28-2/h3-11,14,16-17,21H,12-13,15H2,1-2H3,(H2,24,27)/t17-,21+/m0/s1. The highest BCUT2D eigenvalue weighted by Gasteiger charge is 2.22. The summed E-state index contributed by atoms with van der Waals surface area (Å²) in [4.78, 5) is 15.6. The van der Waals surface area contributed by atoms with Gasteiger partial charge in [0.2, 0.25) is 0 Å². The Morgan fingerprint density at radius 1 is 1.14 bits per heavy atom. The molecule has 6 nitrogen and oxygen atoms in total. The summed E-state index contributed by atoms with van der Waals surface area (Å²) >= 11 is 0. The molecule has 29 heavy (non-hydrogen) atoms. The molecule has 1 aromatic heterocycles. The van der Waals surface area contributed by atoms with Crippen LogP contribution in [0.4, 0.5) is 0 Å². The molecule has 152 valence electrons. The summed E-state index contributed by atoms with van der Waals surface area (Å²) in [6, 6.07) is 18.0. The number of para-hydroxylation sites is 1. The fraction of sp³-hybridized carbons (Fsp3) is 0.304. The maximum absolute atomic E-state index is 11.5. The Morgan fingerprint density at radius 2 is 1.86 bits per heavy atom. The van der Waals surface area contributed by atoms with Crippen LogP contribution in [0.2, 0.25) is 0 Å². The minimum absolute atomic E-state index is 0.00998. The van der Waals surface area contributed by atoms with Gasteiger partial charge in [0.25, 0.3) is 5.91 Å². The van der Waals surface area contributed by atoms with Gasteiger partial charge in [0, 0.05) is 6.20 Å². The average molecular weight is 393 g/mol. The molecule has 2 aromatic carbocycles. The Kier molecular flexibility index (Phi) is 7.03. The molecule has 2 atom stereocenters. The molecule has 1 amide bonds. The highest BCUT2D eigenvalue weighted by atomic mass is 16.5. The van der Waals surface area contributed by atoms with Crippen LogP contribution in [0.5, 0.6) is 5.75 Å². The molecule has 0 aliphatic carbocycles. The number of carbonyl (C=O) groups excluding carboxylic acids is 1. The van der Waals surface area contributed by atoms with Gasteiger partial charge in [0.1, 0.15) is 11.4 Å². The van der Waals surface area contributed by atoms with Gasteiger partial charge in [-0.05, 0) is 37.0 Å². The SMILES string of the molecule is COc1ccccc1CC[C@H]([C@H](C)OCc1ccccc1)n1cnc(C(N)=O)c1. The summed E-state index contributed by atoms with van der Waals surface area (Å²) in [5, 5.41) is 0. The third kappa shape index (κ3) is 5.45. The third-order valence-electron chi connectivity index (χ3n) is 5.04. The first-order valence-corrected chi connectivity index (χ1v) is 9.69. The van der Waals surface area contributed by atoms with E-state index in [9.17, 15) is 4.79 Å². The molecule has 6 heteroatoms. The lowest BCUT2D eigenvalue weighted by atomic mass is 10.0. The highest BCUT2D eigenvalue weighted by molar-refractivity contribution is 5.90. The lowest BCUT2D eigenvalue weighted by molar-refractivity contribution is 0.0148. The van der Waals surface area contributed by atoms with Gasteiger partial charge in [-0.25, -0.2) is 4.98 Å². The lowest BCUT2D eigenvalue weighted by Crippen LogP contribution is -2.24. The van der Waals surface area contributed by atoms with Crippen molar-refractivity contribution in [2.75, 3.05) is 7.11 Å². The van der Waals surface area contributed by atoms with E-state index in [0.29, 0.717) is 6.61 Å². The van der Waals surface area contributed by atoms with Crippen molar-refractivity contribution in [3.63, 3.8) is 0 Å². The van der Waals surface area contributed by atoms with Crippen molar-refractivity contribution in [2.45, 2.75) is 38.5 Å². The molecule has 0 bridgehead atoms. The predicted octanol–water partition coefficient (Wildman–Crippen LogP) is 3.77. The Morgan fingerprint density at radius 3 is 2.55 bits per heavy atom. The molecule has 0 radical (unpaired) electrons. The van der Waals surface area contributed by atoms with Crippen molar-refractivity contribution in [1.29, 1.82) is 0 Å². The van der Waals surface area contributed by atoms with Gasteiger partial charge in [-0.1, -0.05) is 48.5 Å². The zero-order valence-corrected chi connectivity index (χ0v) is 16.8. The Hall–Kier alpha value is -3.12. The first-order valence-electron chi connectivity index (χ1n) is 9.69. The summed E-state index contributed by atoms with van der Waals surface area (Å²) in [7, 11) is 1.68. The summed E-state index contributed by atoms with van der Waals surface area (Å²) in [5.41, 5.74) is 7.88. The fourth-order valence-corrected chi connectivity index (χ4v) is 3.40. The number of aromatic nitrogens is 2. The number of benzene rings is 2. The number of amides is 1. The summed E-state index contributed by atoms with van der Waals surface area (Å²) < 4.78 is 13.6. The van der Waals surface area contributed by atoms with Gasteiger partial charge < -0.3 is 19.8 Å². The van der Waals surface area contributed by atoms with Gasteiger partial charge in [0.15, 0.2) is 0 Å². The number of aryl methyl sites for hydroxylation is 1. The molecule has 0 saturated carbocycles. The number of imidazole rings is 1. The van der Waals surface area contributed by atoms with Crippen LogP contribution in [0, 0.1) is 0 Å². The zero-order valence-electron chi connectivity index (χ0n) is 16.8. The zero-order chi connectivity index (χ0) is 20.6. The molecule has 0 saturated heterocycles.